The smallest absolute Gasteiger partial charge is 0.417 e. The number of hydrogen-bond acceptors (Lipinski definition) is 6. The lowest BCUT2D eigenvalue weighted by atomic mass is 10.1. The first-order valence-electron chi connectivity index (χ1n) is 8.22. The monoisotopic (exact) mass is 432 g/mol. The maximum absolute atomic E-state index is 13.2. The number of esters is 2. The molecule has 0 aromatic heterocycles. The standard InChI is InChI=1S/C19H16ClF3O6/c1-3-27-15(24)10-28-12-6-4-5-7-13(12)29-14-9-8-11(19(21,22)23)16(17(14)20)18(25)26-2/h4-9H,3,10H2,1-2H3. The van der Waals surface area contributed by atoms with E-state index in [1.807, 2.05) is 0 Å². The molecule has 0 unspecified atom stereocenters. The highest BCUT2D eigenvalue weighted by Gasteiger charge is 2.38. The minimum atomic E-state index is -4.83. The second-order valence-corrected chi connectivity index (χ2v) is 5.81. The first-order valence-corrected chi connectivity index (χ1v) is 8.60. The van der Waals surface area contributed by atoms with Crippen molar-refractivity contribution >= 4 is 23.5 Å². The van der Waals surface area contributed by atoms with Crippen molar-refractivity contribution in [3.8, 4) is 17.2 Å². The second-order valence-electron chi connectivity index (χ2n) is 5.43. The maximum atomic E-state index is 13.2. The van der Waals surface area contributed by atoms with Crippen molar-refractivity contribution in [3.63, 3.8) is 0 Å². The van der Waals surface area contributed by atoms with E-state index in [1.165, 1.54) is 12.1 Å². The second kappa shape index (κ2) is 9.51. The number of halogens is 4. The molecule has 10 heteroatoms. The van der Waals surface area contributed by atoms with E-state index in [-0.39, 0.29) is 23.9 Å². The van der Waals surface area contributed by atoms with Gasteiger partial charge >= 0.3 is 18.1 Å². The van der Waals surface area contributed by atoms with Gasteiger partial charge < -0.3 is 18.9 Å². The van der Waals surface area contributed by atoms with Gasteiger partial charge in [-0.05, 0) is 31.2 Å². The van der Waals surface area contributed by atoms with E-state index in [0.29, 0.717) is 6.07 Å². The average molecular weight is 433 g/mol. The first kappa shape index (κ1) is 22.4. The Hall–Kier alpha value is -2.94. The van der Waals surface area contributed by atoms with E-state index in [9.17, 15) is 22.8 Å². The number of carbonyl (C=O) groups excluding carboxylic acids is 2. The number of benzene rings is 2. The fraction of sp³-hybridized carbons (Fsp3) is 0.263. The highest BCUT2D eigenvalue weighted by Crippen LogP contribution is 2.42. The van der Waals surface area contributed by atoms with Gasteiger partial charge in [-0.15, -0.1) is 0 Å². The molecule has 0 aliphatic rings. The van der Waals surface area contributed by atoms with Crippen LogP contribution in [-0.4, -0.2) is 32.3 Å². The van der Waals surface area contributed by atoms with Crippen molar-refractivity contribution in [2.45, 2.75) is 13.1 Å². The fourth-order valence-electron chi connectivity index (χ4n) is 2.29. The molecule has 0 spiro atoms. The van der Waals surface area contributed by atoms with Crippen molar-refractivity contribution in [2.75, 3.05) is 20.3 Å². The van der Waals surface area contributed by atoms with Crippen LogP contribution < -0.4 is 9.47 Å². The minimum absolute atomic E-state index is 0.0641. The van der Waals surface area contributed by atoms with Crippen LogP contribution in [0.5, 0.6) is 17.2 Å². The Labute approximate surface area is 169 Å². The molecule has 2 rings (SSSR count). The third kappa shape index (κ3) is 5.54. The Balaban J connectivity index is 2.38. The number of carbonyl (C=O) groups is 2. The largest absolute Gasteiger partial charge is 0.478 e. The third-order valence-corrected chi connectivity index (χ3v) is 3.90. The number of ether oxygens (including phenoxy) is 4. The molecule has 0 N–H and O–H groups in total. The minimum Gasteiger partial charge on any atom is -0.478 e. The molecule has 0 amide bonds. The molecule has 0 aliphatic carbocycles. The summed E-state index contributed by atoms with van der Waals surface area (Å²) in [5, 5.41) is -0.577. The summed E-state index contributed by atoms with van der Waals surface area (Å²) in [4.78, 5) is 23.3. The Morgan fingerprint density at radius 1 is 1.03 bits per heavy atom. The van der Waals surface area contributed by atoms with Gasteiger partial charge in [-0.25, -0.2) is 9.59 Å². The highest BCUT2D eigenvalue weighted by atomic mass is 35.5. The van der Waals surface area contributed by atoms with Crippen molar-refractivity contribution in [3.05, 3.63) is 52.5 Å². The molecule has 29 heavy (non-hydrogen) atoms. The topological polar surface area (TPSA) is 71.1 Å². The van der Waals surface area contributed by atoms with Gasteiger partial charge in [0.1, 0.15) is 5.75 Å². The Kier molecular flexibility index (Phi) is 7.33. The lowest BCUT2D eigenvalue weighted by Gasteiger charge is -2.17. The molecule has 0 fully saturated rings. The van der Waals surface area contributed by atoms with Gasteiger partial charge in [0.25, 0.3) is 0 Å². The van der Waals surface area contributed by atoms with Crippen LogP contribution in [0.15, 0.2) is 36.4 Å². The van der Waals surface area contributed by atoms with Gasteiger partial charge in [0.05, 0.1) is 29.9 Å². The summed E-state index contributed by atoms with van der Waals surface area (Å²) in [6.45, 7) is 1.42. The Bertz CT molecular complexity index is 898. The lowest BCUT2D eigenvalue weighted by Crippen LogP contribution is -2.15. The maximum Gasteiger partial charge on any atom is 0.417 e. The predicted molar refractivity (Wildman–Crippen MR) is 96.4 cm³/mol. The third-order valence-electron chi connectivity index (χ3n) is 3.52. The molecule has 0 saturated carbocycles. The molecule has 0 bridgehead atoms. The van der Waals surface area contributed by atoms with Crippen molar-refractivity contribution in [2.24, 2.45) is 0 Å². The van der Waals surface area contributed by atoms with E-state index >= 15 is 0 Å². The van der Waals surface area contributed by atoms with Crippen LogP contribution in [0.3, 0.4) is 0 Å². The van der Waals surface area contributed by atoms with Gasteiger partial charge in [0.2, 0.25) is 0 Å². The SMILES string of the molecule is CCOC(=O)COc1ccccc1Oc1ccc(C(F)(F)F)c(C(=O)OC)c1Cl. The highest BCUT2D eigenvalue weighted by molar-refractivity contribution is 6.35. The lowest BCUT2D eigenvalue weighted by molar-refractivity contribution is -0.145. The van der Waals surface area contributed by atoms with Crippen molar-refractivity contribution in [1.29, 1.82) is 0 Å². The summed E-state index contributed by atoms with van der Waals surface area (Å²) in [5.74, 6) is -1.92. The van der Waals surface area contributed by atoms with Crippen LogP contribution >= 0.6 is 11.6 Å². The van der Waals surface area contributed by atoms with Crippen LogP contribution in [0.25, 0.3) is 0 Å². The van der Waals surface area contributed by atoms with Crippen molar-refractivity contribution < 1.29 is 41.7 Å². The molecule has 6 nitrogen and oxygen atoms in total. The van der Waals surface area contributed by atoms with Crippen molar-refractivity contribution in [1.82, 2.24) is 0 Å². The summed E-state index contributed by atoms with van der Waals surface area (Å²) < 4.78 is 59.7. The quantitative estimate of drug-likeness (QED) is 0.581. The molecule has 0 aliphatic heterocycles. The molecular weight excluding hydrogens is 417 g/mol. The summed E-state index contributed by atoms with van der Waals surface area (Å²) in [7, 11) is 0.935. The molecule has 2 aromatic rings. The molecule has 0 heterocycles. The number of hydrogen-bond donors (Lipinski definition) is 0. The fourth-order valence-corrected chi connectivity index (χ4v) is 2.57. The zero-order valence-electron chi connectivity index (χ0n) is 15.3. The molecule has 2 aromatic carbocycles. The number of rotatable bonds is 7. The molecule has 0 atom stereocenters. The first-order chi connectivity index (χ1) is 13.7. The van der Waals surface area contributed by atoms with Crippen LogP contribution in [0.1, 0.15) is 22.8 Å². The number of alkyl halides is 3. The summed E-state index contributed by atoms with van der Waals surface area (Å²) in [6.07, 6.45) is -4.83. The summed E-state index contributed by atoms with van der Waals surface area (Å²) in [6, 6.07) is 7.74. The normalized spacial score (nSPS) is 11.0. The van der Waals surface area contributed by atoms with E-state index in [2.05, 4.69) is 4.74 Å². The van der Waals surface area contributed by atoms with Crippen LogP contribution in [0, 0.1) is 0 Å². The van der Waals surface area contributed by atoms with E-state index < -0.39 is 40.9 Å². The summed E-state index contributed by atoms with van der Waals surface area (Å²) >= 11 is 6.02. The van der Waals surface area contributed by atoms with Gasteiger partial charge in [-0.1, -0.05) is 23.7 Å². The van der Waals surface area contributed by atoms with E-state index in [4.69, 9.17) is 25.8 Å². The zero-order chi connectivity index (χ0) is 21.6. The average Bonchev–Trinajstić information content (AvgIpc) is 2.67. The van der Waals surface area contributed by atoms with Crippen LogP contribution in [0.2, 0.25) is 5.02 Å². The predicted octanol–water partition coefficient (Wildman–Crippen LogP) is 4.88. The van der Waals surface area contributed by atoms with E-state index in [1.54, 1.807) is 19.1 Å². The number of para-hydroxylation sites is 2. The molecular formula is C19H16ClF3O6. The van der Waals surface area contributed by atoms with E-state index in [0.717, 1.165) is 13.2 Å². The van der Waals surface area contributed by atoms with Crippen LogP contribution in [0.4, 0.5) is 13.2 Å². The van der Waals surface area contributed by atoms with Gasteiger partial charge in [0.15, 0.2) is 18.1 Å². The number of methoxy groups -OCH3 is 1. The Morgan fingerprint density at radius 2 is 1.69 bits per heavy atom. The zero-order valence-corrected chi connectivity index (χ0v) is 16.1. The van der Waals surface area contributed by atoms with Gasteiger partial charge in [0, 0.05) is 0 Å². The van der Waals surface area contributed by atoms with Gasteiger partial charge in [-0.2, -0.15) is 13.2 Å². The van der Waals surface area contributed by atoms with Crippen LogP contribution in [-0.2, 0) is 20.4 Å². The molecule has 0 saturated heterocycles. The molecule has 156 valence electrons. The Morgan fingerprint density at radius 3 is 2.28 bits per heavy atom. The van der Waals surface area contributed by atoms with Gasteiger partial charge in [-0.3, -0.25) is 0 Å². The summed E-state index contributed by atoms with van der Waals surface area (Å²) in [5.41, 5.74) is -2.13. The molecule has 0 radical (unpaired) electrons.